The number of hydrogen-bond acceptors (Lipinski definition) is 4. The van der Waals surface area contributed by atoms with Gasteiger partial charge in [-0.05, 0) is 56.2 Å². The average molecular weight is 403 g/mol. The van der Waals surface area contributed by atoms with Crippen molar-refractivity contribution in [1.29, 1.82) is 0 Å². The van der Waals surface area contributed by atoms with Crippen LogP contribution in [0.15, 0.2) is 36.4 Å². The van der Waals surface area contributed by atoms with Crippen molar-refractivity contribution in [1.82, 2.24) is 10.9 Å². The molecule has 0 spiro atoms. The molecule has 2 aromatic carbocycles. The average Bonchev–Trinajstić information content (AvgIpc) is 2.66. The molecule has 0 saturated heterocycles. The first-order chi connectivity index (χ1) is 13.3. The van der Waals surface area contributed by atoms with Gasteiger partial charge in [0.05, 0.1) is 18.7 Å². The monoisotopic (exact) mass is 402 g/mol. The zero-order valence-electron chi connectivity index (χ0n) is 16.3. The summed E-state index contributed by atoms with van der Waals surface area (Å²) in [6, 6.07) is 8.82. The maximum Gasteiger partial charge on any atom is 0.269 e. The summed E-state index contributed by atoms with van der Waals surface area (Å²) in [5.41, 5.74) is 7.79. The molecular formula is C21H23ClN2O4. The van der Waals surface area contributed by atoms with Crippen molar-refractivity contribution in [2.24, 2.45) is 0 Å². The number of carbonyl (C=O) groups is 2. The number of amides is 2. The molecule has 0 heterocycles. The van der Waals surface area contributed by atoms with Crippen LogP contribution in [-0.4, -0.2) is 25.5 Å². The summed E-state index contributed by atoms with van der Waals surface area (Å²) in [5.74, 6) is 0.0543. The van der Waals surface area contributed by atoms with Gasteiger partial charge in [0.25, 0.3) is 11.8 Å². The Labute approximate surface area is 169 Å². The highest BCUT2D eigenvalue weighted by atomic mass is 35.5. The third-order valence-electron chi connectivity index (χ3n) is 3.89. The Bertz CT molecular complexity index is 910. The first-order valence-corrected chi connectivity index (χ1v) is 9.09. The SMILES string of the molecule is CCOc1c(Cl)cc(/C=C/C(=O)NNC(=O)c2ccc(C)cc2C)cc1OC. The molecule has 28 heavy (non-hydrogen) atoms. The minimum Gasteiger partial charge on any atom is -0.493 e. The van der Waals surface area contributed by atoms with E-state index in [1.54, 1.807) is 24.3 Å². The van der Waals surface area contributed by atoms with E-state index in [4.69, 9.17) is 21.1 Å². The molecule has 0 fully saturated rings. The Morgan fingerprint density at radius 2 is 1.89 bits per heavy atom. The van der Waals surface area contributed by atoms with Crippen LogP contribution in [0.25, 0.3) is 6.08 Å². The summed E-state index contributed by atoms with van der Waals surface area (Å²) in [6.07, 6.45) is 2.84. The highest BCUT2D eigenvalue weighted by Crippen LogP contribution is 2.36. The van der Waals surface area contributed by atoms with Gasteiger partial charge in [0, 0.05) is 11.6 Å². The molecule has 0 bridgehead atoms. The summed E-state index contributed by atoms with van der Waals surface area (Å²) >= 11 is 6.21. The Balaban J connectivity index is 2.01. The van der Waals surface area contributed by atoms with Crippen molar-refractivity contribution >= 4 is 29.5 Å². The zero-order chi connectivity index (χ0) is 20.7. The number of carbonyl (C=O) groups excluding carboxylic acids is 2. The quantitative estimate of drug-likeness (QED) is 0.568. The normalized spacial score (nSPS) is 10.6. The van der Waals surface area contributed by atoms with Crippen LogP contribution in [0.4, 0.5) is 0 Å². The number of rotatable bonds is 6. The maximum atomic E-state index is 12.2. The van der Waals surface area contributed by atoms with Gasteiger partial charge in [-0.3, -0.25) is 20.4 Å². The molecule has 7 heteroatoms. The standard InChI is InChI=1S/C21H23ClN2O4/c1-5-28-20-17(22)11-15(12-18(20)27-4)7-9-19(25)23-24-21(26)16-8-6-13(2)10-14(16)3/h6-12H,5H2,1-4H3,(H,23,25)(H,24,26)/b9-7+. The lowest BCUT2D eigenvalue weighted by atomic mass is 10.1. The number of methoxy groups -OCH3 is 1. The van der Waals surface area contributed by atoms with Crippen LogP contribution in [0.3, 0.4) is 0 Å². The summed E-state index contributed by atoms with van der Waals surface area (Å²) < 4.78 is 10.7. The molecule has 0 atom stereocenters. The minimum atomic E-state index is -0.484. The van der Waals surface area contributed by atoms with Crippen LogP contribution in [0.5, 0.6) is 11.5 Å². The number of benzene rings is 2. The maximum absolute atomic E-state index is 12.2. The second-order valence-corrected chi connectivity index (χ2v) is 6.47. The van der Waals surface area contributed by atoms with Gasteiger partial charge in [0.2, 0.25) is 0 Å². The first-order valence-electron chi connectivity index (χ1n) is 8.71. The smallest absolute Gasteiger partial charge is 0.269 e. The molecule has 148 valence electrons. The lowest BCUT2D eigenvalue weighted by molar-refractivity contribution is -0.117. The molecule has 0 aromatic heterocycles. The Hall–Kier alpha value is -2.99. The van der Waals surface area contributed by atoms with E-state index in [9.17, 15) is 9.59 Å². The second-order valence-electron chi connectivity index (χ2n) is 6.06. The molecule has 0 saturated carbocycles. The third kappa shape index (κ3) is 5.50. The van der Waals surface area contributed by atoms with Gasteiger partial charge in [-0.15, -0.1) is 0 Å². The van der Waals surface area contributed by atoms with E-state index in [0.29, 0.717) is 34.3 Å². The fourth-order valence-corrected chi connectivity index (χ4v) is 2.86. The fraction of sp³-hybridized carbons (Fsp3) is 0.238. The fourth-order valence-electron chi connectivity index (χ4n) is 2.59. The van der Waals surface area contributed by atoms with Crippen LogP contribution in [0.1, 0.15) is 34.0 Å². The highest BCUT2D eigenvalue weighted by molar-refractivity contribution is 6.32. The number of nitrogens with one attached hydrogen (secondary N) is 2. The second kappa shape index (κ2) is 9.80. The molecule has 0 aliphatic heterocycles. The number of aryl methyl sites for hydroxylation is 2. The lowest BCUT2D eigenvalue weighted by Gasteiger charge is -2.12. The van der Waals surface area contributed by atoms with Crippen molar-refractivity contribution in [2.75, 3.05) is 13.7 Å². The van der Waals surface area contributed by atoms with Crippen molar-refractivity contribution in [2.45, 2.75) is 20.8 Å². The lowest BCUT2D eigenvalue weighted by Crippen LogP contribution is -2.41. The topological polar surface area (TPSA) is 76.7 Å². The number of hydrazine groups is 1. The molecule has 0 radical (unpaired) electrons. The molecule has 2 rings (SSSR count). The van der Waals surface area contributed by atoms with E-state index >= 15 is 0 Å². The van der Waals surface area contributed by atoms with Gasteiger partial charge in [0.1, 0.15) is 0 Å². The number of ether oxygens (including phenoxy) is 2. The summed E-state index contributed by atoms with van der Waals surface area (Å²) in [7, 11) is 1.51. The highest BCUT2D eigenvalue weighted by Gasteiger charge is 2.11. The zero-order valence-corrected chi connectivity index (χ0v) is 17.0. The molecule has 2 aromatic rings. The largest absolute Gasteiger partial charge is 0.493 e. The van der Waals surface area contributed by atoms with Gasteiger partial charge in [-0.1, -0.05) is 29.3 Å². The number of halogens is 1. The number of hydrogen-bond donors (Lipinski definition) is 2. The molecule has 0 unspecified atom stereocenters. The van der Waals surface area contributed by atoms with Crippen molar-refractivity contribution in [3.8, 4) is 11.5 Å². The Morgan fingerprint density at radius 1 is 1.14 bits per heavy atom. The van der Waals surface area contributed by atoms with Crippen LogP contribution < -0.4 is 20.3 Å². The molecule has 2 amide bonds. The van der Waals surface area contributed by atoms with E-state index in [2.05, 4.69) is 10.9 Å². The van der Waals surface area contributed by atoms with Gasteiger partial charge >= 0.3 is 0 Å². The summed E-state index contributed by atoms with van der Waals surface area (Å²) in [6.45, 7) is 6.09. The van der Waals surface area contributed by atoms with Gasteiger partial charge in [-0.25, -0.2) is 0 Å². The third-order valence-corrected chi connectivity index (χ3v) is 4.17. The van der Waals surface area contributed by atoms with Gasteiger partial charge in [0.15, 0.2) is 11.5 Å². The van der Waals surface area contributed by atoms with E-state index < -0.39 is 5.91 Å². The van der Waals surface area contributed by atoms with Gasteiger partial charge in [-0.2, -0.15) is 0 Å². The summed E-state index contributed by atoms with van der Waals surface area (Å²) in [4.78, 5) is 24.2. The van der Waals surface area contributed by atoms with Crippen LogP contribution in [0, 0.1) is 13.8 Å². The molecular weight excluding hydrogens is 380 g/mol. The van der Waals surface area contributed by atoms with Crippen LogP contribution in [0.2, 0.25) is 5.02 Å². The van der Waals surface area contributed by atoms with Gasteiger partial charge < -0.3 is 9.47 Å². The van der Waals surface area contributed by atoms with E-state index in [0.717, 1.165) is 11.1 Å². The predicted molar refractivity (Wildman–Crippen MR) is 110 cm³/mol. The van der Waals surface area contributed by atoms with E-state index in [-0.39, 0.29) is 5.91 Å². The molecule has 0 aliphatic rings. The molecule has 6 nitrogen and oxygen atoms in total. The van der Waals surface area contributed by atoms with Crippen molar-refractivity contribution in [3.05, 3.63) is 63.7 Å². The predicted octanol–water partition coefficient (Wildman–Crippen LogP) is 3.84. The van der Waals surface area contributed by atoms with Crippen molar-refractivity contribution in [3.63, 3.8) is 0 Å². The van der Waals surface area contributed by atoms with Crippen molar-refractivity contribution < 1.29 is 19.1 Å². The minimum absolute atomic E-state index is 0.379. The first kappa shape index (κ1) is 21.3. The Morgan fingerprint density at radius 3 is 2.54 bits per heavy atom. The summed E-state index contributed by atoms with van der Waals surface area (Å²) in [5, 5.41) is 0.379. The van der Waals surface area contributed by atoms with Crippen LogP contribution >= 0.6 is 11.6 Å². The Kier molecular flexibility index (Phi) is 7.46. The molecule has 2 N–H and O–H groups in total. The van der Waals surface area contributed by atoms with E-state index in [1.807, 2.05) is 32.9 Å². The van der Waals surface area contributed by atoms with Crippen LogP contribution in [-0.2, 0) is 4.79 Å². The molecule has 0 aliphatic carbocycles. The van der Waals surface area contributed by atoms with E-state index in [1.165, 1.54) is 13.2 Å².